The minimum atomic E-state index is -3.55. The van der Waals surface area contributed by atoms with Crippen LogP contribution in [0.5, 0.6) is 0 Å². The molecule has 3 aromatic rings. The van der Waals surface area contributed by atoms with Crippen LogP contribution in [0.2, 0.25) is 0 Å². The lowest BCUT2D eigenvalue weighted by molar-refractivity contribution is -0.141. The summed E-state index contributed by atoms with van der Waals surface area (Å²) < 4.78 is 32.5. The van der Waals surface area contributed by atoms with E-state index in [1.54, 1.807) is 36.1 Å². The first-order valence-electron chi connectivity index (χ1n) is 14.4. The standard InChI is InChI=1S/C32H40N4O5S/c1-2-34-42(39,40)29-16-13-26(14-17-29)15-18-30(37)36(25-27-9-5-3-6-10-27)31(28-11-7-4-8-12-28)32(38)33-19-20-35-21-23-41-24-22-35/h3-14,16-17,31,34H,2,15,18-25H2,1H3,(H,33,38). The molecule has 3 aromatic carbocycles. The molecule has 1 fully saturated rings. The quantitative estimate of drug-likeness (QED) is 0.298. The van der Waals surface area contributed by atoms with Gasteiger partial charge >= 0.3 is 0 Å². The molecular formula is C32H40N4O5S. The van der Waals surface area contributed by atoms with Gasteiger partial charge in [0, 0.05) is 45.7 Å². The third-order valence-electron chi connectivity index (χ3n) is 7.22. The molecule has 1 atom stereocenters. The summed E-state index contributed by atoms with van der Waals surface area (Å²) in [5, 5.41) is 3.08. The van der Waals surface area contributed by atoms with Gasteiger partial charge in [-0.1, -0.05) is 79.7 Å². The van der Waals surface area contributed by atoms with Crippen LogP contribution < -0.4 is 10.0 Å². The summed E-state index contributed by atoms with van der Waals surface area (Å²) in [6.45, 7) is 6.53. The Bertz CT molecular complexity index is 1380. The third-order valence-corrected chi connectivity index (χ3v) is 8.78. The number of aryl methyl sites for hydroxylation is 1. The van der Waals surface area contributed by atoms with Crippen molar-refractivity contribution in [3.05, 3.63) is 102 Å². The average molecular weight is 593 g/mol. The normalized spacial score (nSPS) is 14.7. The summed E-state index contributed by atoms with van der Waals surface area (Å²) in [7, 11) is -3.55. The Kier molecular flexibility index (Phi) is 11.7. The van der Waals surface area contributed by atoms with Crippen LogP contribution in [0.4, 0.5) is 0 Å². The second kappa shape index (κ2) is 15.6. The summed E-state index contributed by atoms with van der Waals surface area (Å²) in [6.07, 6.45) is 0.572. The maximum Gasteiger partial charge on any atom is 0.247 e. The van der Waals surface area contributed by atoms with Crippen LogP contribution in [-0.2, 0) is 37.3 Å². The van der Waals surface area contributed by atoms with Gasteiger partial charge in [0.2, 0.25) is 21.8 Å². The molecule has 0 spiro atoms. The van der Waals surface area contributed by atoms with E-state index in [1.807, 2.05) is 60.7 Å². The predicted molar refractivity (Wildman–Crippen MR) is 162 cm³/mol. The van der Waals surface area contributed by atoms with Crippen LogP contribution >= 0.6 is 0 Å². The number of sulfonamides is 1. The lowest BCUT2D eigenvalue weighted by Crippen LogP contribution is -2.46. The second-order valence-corrected chi connectivity index (χ2v) is 12.0. The average Bonchev–Trinajstić information content (AvgIpc) is 3.01. The van der Waals surface area contributed by atoms with E-state index in [0.717, 1.165) is 29.8 Å². The molecule has 10 heteroatoms. The Morgan fingerprint density at radius 3 is 2.19 bits per heavy atom. The number of hydrogen-bond donors (Lipinski definition) is 2. The van der Waals surface area contributed by atoms with Gasteiger partial charge in [-0.15, -0.1) is 0 Å². The van der Waals surface area contributed by atoms with Gasteiger partial charge < -0.3 is 15.0 Å². The van der Waals surface area contributed by atoms with Crippen molar-refractivity contribution in [2.75, 3.05) is 45.9 Å². The number of ether oxygens (including phenoxy) is 1. The van der Waals surface area contributed by atoms with E-state index < -0.39 is 16.1 Å². The molecule has 2 N–H and O–H groups in total. The first-order valence-corrected chi connectivity index (χ1v) is 15.9. The van der Waals surface area contributed by atoms with Gasteiger partial charge in [0.25, 0.3) is 0 Å². The zero-order chi connectivity index (χ0) is 29.8. The van der Waals surface area contributed by atoms with E-state index in [2.05, 4.69) is 14.9 Å². The molecule has 1 unspecified atom stereocenters. The van der Waals surface area contributed by atoms with Crippen molar-refractivity contribution in [3.8, 4) is 0 Å². The van der Waals surface area contributed by atoms with Crippen molar-refractivity contribution < 1.29 is 22.7 Å². The molecule has 1 heterocycles. The molecular weight excluding hydrogens is 552 g/mol. The Morgan fingerprint density at radius 2 is 1.55 bits per heavy atom. The summed E-state index contributed by atoms with van der Waals surface area (Å²) in [5.74, 6) is -0.392. The Balaban J connectivity index is 1.52. The van der Waals surface area contributed by atoms with E-state index in [4.69, 9.17) is 4.74 Å². The summed E-state index contributed by atoms with van der Waals surface area (Å²) in [6, 6.07) is 24.8. The minimum Gasteiger partial charge on any atom is -0.379 e. The highest BCUT2D eigenvalue weighted by molar-refractivity contribution is 7.89. The molecule has 0 saturated carbocycles. The van der Waals surface area contributed by atoms with Gasteiger partial charge in [-0.2, -0.15) is 0 Å². The highest BCUT2D eigenvalue weighted by Crippen LogP contribution is 2.25. The smallest absolute Gasteiger partial charge is 0.247 e. The van der Waals surface area contributed by atoms with Crippen molar-refractivity contribution in [3.63, 3.8) is 0 Å². The molecule has 1 aliphatic heterocycles. The lowest BCUT2D eigenvalue weighted by atomic mass is 10.0. The van der Waals surface area contributed by atoms with Crippen LogP contribution in [0.1, 0.15) is 36.1 Å². The van der Waals surface area contributed by atoms with Crippen LogP contribution in [0.25, 0.3) is 0 Å². The molecule has 42 heavy (non-hydrogen) atoms. The number of hydrogen-bond acceptors (Lipinski definition) is 6. The molecule has 9 nitrogen and oxygen atoms in total. The van der Waals surface area contributed by atoms with Gasteiger partial charge in [-0.25, -0.2) is 13.1 Å². The zero-order valence-corrected chi connectivity index (χ0v) is 24.9. The highest BCUT2D eigenvalue weighted by atomic mass is 32.2. The van der Waals surface area contributed by atoms with Crippen LogP contribution in [0.3, 0.4) is 0 Å². The molecule has 0 aliphatic carbocycles. The maximum absolute atomic E-state index is 13.9. The second-order valence-electron chi connectivity index (χ2n) is 10.2. The Hall–Kier alpha value is -3.57. The summed E-state index contributed by atoms with van der Waals surface area (Å²) in [4.78, 5) is 31.7. The number of nitrogens with zero attached hydrogens (tertiary/aromatic N) is 2. The maximum atomic E-state index is 13.9. The van der Waals surface area contributed by atoms with E-state index in [-0.39, 0.29) is 29.7 Å². The largest absolute Gasteiger partial charge is 0.379 e. The minimum absolute atomic E-state index is 0.163. The molecule has 0 radical (unpaired) electrons. The van der Waals surface area contributed by atoms with E-state index in [1.165, 1.54) is 0 Å². The number of carbonyl (C=O) groups is 2. The van der Waals surface area contributed by atoms with Crippen molar-refractivity contribution in [2.24, 2.45) is 0 Å². The predicted octanol–water partition coefficient (Wildman–Crippen LogP) is 3.14. The van der Waals surface area contributed by atoms with Gasteiger partial charge in [0.15, 0.2) is 0 Å². The SMILES string of the molecule is CCNS(=O)(=O)c1ccc(CCC(=O)N(Cc2ccccc2)C(C(=O)NCCN2CCOCC2)c2ccccc2)cc1. The van der Waals surface area contributed by atoms with Crippen LogP contribution in [-0.4, -0.2) is 76.0 Å². The van der Waals surface area contributed by atoms with Gasteiger partial charge in [0.05, 0.1) is 18.1 Å². The number of amides is 2. The Morgan fingerprint density at radius 1 is 0.905 bits per heavy atom. The fourth-order valence-electron chi connectivity index (χ4n) is 4.97. The third kappa shape index (κ3) is 8.96. The topological polar surface area (TPSA) is 108 Å². The zero-order valence-electron chi connectivity index (χ0n) is 24.1. The van der Waals surface area contributed by atoms with E-state index in [0.29, 0.717) is 39.3 Å². The number of carbonyl (C=O) groups excluding carboxylic acids is 2. The van der Waals surface area contributed by atoms with Crippen LogP contribution in [0.15, 0.2) is 89.8 Å². The summed E-state index contributed by atoms with van der Waals surface area (Å²) >= 11 is 0. The molecule has 0 bridgehead atoms. The van der Waals surface area contributed by atoms with E-state index >= 15 is 0 Å². The first-order chi connectivity index (χ1) is 20.4. The monoisotopic (exact) mass is 592 g/mol. The highest BCUT2D eigenvalue weighted by Gasteiger charge is 2.31. The lowest BCUT2D eigenvalue weighted by Gasteiger charge is -2.32. The number of nitrogens with one attached hydrogen (secondary N) is 2. The molecule has 4 rings (SSSR count). The van der Waals surface area contributed by atoms with Gasteiger partial charge in [-0.3, -0.25) is 14.5 Å². The summed E-state index contributed by atoms with van der Waals surface area (Å²) in [5.41, 5.74) is 2.50. The van der Waals surface area contributed by atoms with Crippen LogP contribution in [0, 0.1) is 0 Å². The molecule has 0 aromatic heterocycles. The van der Waals surface area contributed by atoms with Gasteiger partial charge in [0.1, 0.15) is 6.04 Å². The number of benzene rings is 3. The fourth-order valence-corrected chi connectivity index (χ4v) is 6.02. The Labute approximate surface area is 248 Å². The van der Waals surface area contributed by atoms with Crippen molar-refractivity contribution in [1.82, 2.24) is 19.8 Å². The van der Waals surface area contributed by atoms with Crippen molar-refractivity contribution >= 4 is 21.8 Å². The number of morpholine rings is 1. The fraction of sp³-hybridized carbons (Fsp3) is 0.375. The number of rotatable bonds is 14. The molecule has 1 aliphatic rings. The first kappa shape index (κ1) is 31.4. The van der Waals surface area contributed by atoms with Crippen molar-refractivity contribution in [1.29, 1.82) is 0 Å². The van der Waals surface area contributed by atoms with Gasteiger partial charge in [-0.05, 0) is 35.2 Å². The van der Waals surface area contributed by atoms with Crippen molar-refractivity contribution in [2.45, 2.75) is 37.2 Å². The van der Waals surface area contributed by atoms with E-state index in [9.17, 15) is 18.0 Å². The molecule has 1 saturated heterocycles. The molecule has 224 valence electrons. The molecule has 2 amide bonds.